The minimum absolute atomic E-state index is 0.319. The number of hydrogen-bond acceptors (Lipinski definition) is 5. The van der Waals surface area contributed by atoms with Crippen LogP contribution in [-0.4, -0.2) is 35.8 Å². The number of piperidine rings is 1. The maximum atomic E-state index is 12.9. The second kappa shape index (κ2) is 10.2. The number of pyridine rings is 1. The van der Waals surface area contributed by atoms with E-state index in [0.717, 1.165) is 58.2 Å². The first-order valence-corrected chi connectivity index (χ1v) is 13.8. The molecule has 0 amide bonds. The summed E-state index contributed by atoms with van der Waals surface area (Å²) in [6.45, 7) is 5.12. The van der Waals surface area contributed by atoms with Crippen molar-refractivity contribution in [2.75, 3.05) is 18.4 Å². The van der Waals surface area contributed by atoms with Crippen molar-refractivity contribution in [2.24, 2.45) is 0 Å². The highest BCUT2D eigenvalue weighted by Gasteiger charge is 2.25. The van der Waals surface area contributed by atoms with E-state index in [1.807, 2.05) is 56.5 Å². The molecule has 4 aromatic rings. The summed E-state index contributed by atoms with van der Waals surface area (Å²) in [5.74, 6) is 0.516. The lowest BCUT2D eigenvalue weighted by Gasteiger charge is -2.25. The number of hydrogen-bond donors (Lipinski definition) is 2. The number of nitrogens with zero attached hydrogens (tertiary/aromatic N) is 3. The van der Waals surface area contributed by atoms with Gasteiger partial charge in [0.1, 0.15) is 11.9 Å². The van der Waals surface area contributed by atoms with Gasteiger partial charge in [0.25, 0.3) is 0 Å². The van der Waals surface area contributed by atoms with Crippen LogP contribution in [0.1, 0.15) is 47.2 Å². The predicted molar refractivity (Wildman–Crippen MR) is 148 cm³/mol. The first kappa shape index (κ1) is 24.8. The number of H-pyrrole nitrogens is 1. The fourth-order valence-electron chi connectivity index (χ4n) is 4.71. The minimum Gasteiger partial charge on any atom is -0.361 e. The largest absolute Gasteiger partial charge is 0.361 e. The van der Waals surface area contributed by atoms with E-state index in [9.17, 15) is 13.7 Å². The molecular formula is C29H29N5O2S. The van der Waals surface area contributed by atoms with E-state index in [1.165, 1.54) is 0 Å². The number of aryl methyl sites for hydroxylation is 2. The Balaban J connectivity index is 1.36. The molecule has 7 nitrogen and oxygen atoms in total. The Kier molecular flexibility index (Phi) is 6.83. The van der Waals surface area contributed by atoms with Crippen LogP contribution in [0.5, 0.6) is 0 Å². The Hall–Kier alpha value is -3.93. The molecule has 2 aromatic carbocycles. The number of aromatic amines is 1. The SMILES string of the molecule is Cc1nc(Nc2ccc3[nH]ccc3c2C)c(C#N)cc1/C=C/c1ccc(S(=O)(=O)N2CCCCC2)cc1. The molecule has 1 fully saturated rings. The highest BCUT2D eigenvalue weighted by atomic mass is 32.2. The second-order valence-corrected chi connectivity index (χ2v) is 11.3. The number of nitriles is 1. The van der Waals surface area contributed by atoms with Gasteiger partial charge in [-0.05, 0) is 79.8 Å². The van der Waals surface area contributed by atoms with Gasteiger partial charge in [0.2, 0.25) is 10.0 Å². The summed E-state index contributed by atoms with van der Waals surface area (Å²) in [6, 6.07) is 17.0. The van der Waals surface area contributed by atoms with Gasteiger partial charge in [-0.3, -0.25) is 0 Å². The number of nitrogens with one attached hydrogen (secondary N) is 2. The summed E-state index contributed by atoms with van der Waals surface area (Å²) in [5.41, 5.74) is 5.96. The van der Waals surface area contributed by atoms with Gasteiger partial charge in [0, 0.05) is 41.6 Å². The summed E-state index contributed by atoms with van der Waals surface area (Å²) in [4.78, 5) is 8.21. The fourth-order valence-corrected chi connectivity index (χ4v) is 6.23. The zero-order chi connectivity index (χ0) is 26.0. The summed E-state index contributed by atoms with van der Waals surface area (Å²) < 4.78 is 27.4. The Morgan fingerprint density at radius 1 is 1.03 bits per heavy atom. The van der Waals surface area contributed by atoms with E-state index >= 15 is 0 Å². The van der Waals surface area contributed by atoms with Gasteiger partial charge in [0.05, 0.1) is 10.5 Å². The smallest absolute Gasteiger partial charge is 0.243 e. The Morgan fingerprint density at radius 3 is 2.51 bits per heavy atom. The first-order valence-electron chi connectivity index (χ1n) is 12.4. The van der Waals surface area contributed by atoms with Crippen molar-refractivity contribution < 1.29 is 8.42 Å². The van der Waals surface area contributed by atoms with E-state index in [1.54, 1.807) is 28.6 Å². The van der Waals surface area contributed by atoms with E-state index in [-0.39, 0.29) is 0 Å². The van der Waals surface area contributed by atoms with Crippen LogP contribution in [0, 0.1) is 25.2 Å². The fraction of sp³-hybridized carbons (Fsp3) is 0.241. The maximum absolute atomic E-state index is 12.9. The van der Waals surface area contributed by atoms with E-state index in [4.69, 9.17) is 0 Å². The van der Waals surface area contributed by atoms with Crippen molar-refractivity contribution in [3.63, 3.8) is 0 Å². The lowest BCUT2D eigenvalue weighted by molar-refractivity contribution is 0.346. The Morgan fingerprint density at radius 2 is 1.78 bits per heavy atom. The molecule has 0 bridgehead atoms. The lowest BCUT2D eigenvalue weighted by Crippen LogP contribution is -2.35. The van der Waals surface area contributed by atoms with Crippen LogP contribution in [-0.2, 0) is 10.0 Å². The van der Waals surface area contributed by atoms with Gasteiger partial charge in [-0.25, -0.2) is 13.4 Å². The van der Waals surface area contributed by atoms with Crippen LogP contribution >= 0.6 is 0 Å². The van der Waals surface area contributed by atoms with Crippen molar-refractivity contribution in [2.45, 2.75) is 38.0 Å². The molecule has 1 saturated heterocycles. The number of benzene rings is 2. The molecule has 2 aromatic heterocycles. The zero-order valence-corrected chi connectivity index (χ0v) is 21.8. The number of fused-ring (bicyclic) bond motifs is 1. The topological polar surface area (TPSA) is 102 Å². The molecule has 2 N–H and O–H groups in total. The predicted octanol–water partition coefficient (Wildman–Crippen LogP) is 6.14. The molecule has 3 heterocycles. The average Bonchev–Trinajstić information content (AvgIpc) is 3.40. The number of anilines is 2. The van der Waals surface area contributed by atoms with Crippen LogP contribution < -0.4 is 5.32 Å². The summed E-state index contributed by atoms with van der Waals surface area (Å²) >= 11 is 0. The van der Waals surface area contributed by atoms with Crippen LogP contribution in [0.3, 0.4) is 0 Å². The third-order valence-electron chi connectivity index (χ3n) is 6.92. The minimum atomic E-state index is -3.45. The molecule has 0 saturated carbocycles. The standard InChI is InChI=1S/C29H29N5O2S/c1-20-26-14-15-31-28(26)13-12-27(20)33-29-24(19-30)18-23(21(2)32-29)9-6-22-7-10-25(11-8-22)37(35,36)34-16-4-3-5-17-34/h6-15,18,31H,3-5,16-17H2,1-2H3,(H,32,33)/b9-6+. The highest BCUT2D eigenvalue weighted by molar-refractivity contribution is 7.89. The molecule has 188 valence electrons. The monoisotopic (exact) mass is 511 g/mol. The van der Waals surface area contributed by atoms with Crippen molar-refractivity contribution in [1.29, 1.82) is 5.26 Å². The van der Waals surface area contributed by atoms with Gasteiger partial charge in [0.15, 0.2) is 0 Å². The van der Waals surface area contributed by atoms with Crippen LogP contribution in [0.25, 0.3) is 23.1 Å². The molecule has 0 unspecified atom stereocenters. The normalized spacial score (nSPS) is 14.7. The number of rotatable bonds is 6. The summed E-state index contributed by atoms with van der Waals surface area (Å²) in [7, 11) is -3.45. The molecule has 0 spiro atoms. The molecule has 1 aliphatic rings. The second-order valence-electron chi connectivity index (χ2n) is 9.34. The van der Waals surface area contributed by atoms with Crippen molar-refractivity contribution >= 4 is 44.6 Å². The number of sulfonamides is 1. The molecule has 0 atom stereocenters. The summed E-state index contributed by atoms with van der Waals surface area (Å²) in [6.07, 6.45) is 8.62. The Labute approximate surface area is 217 Å². The molecular weight excluding hydrogens is 482 g/mol. The maximum Gasteiger partial charge on any atom is 0.243 e. The van der Waals surface area contributed by atoms with Crippen LogP contribution in [0.2, 0.25) is 0 Å². The van der Waals surface area contributed by atoms with Crippen molar-refractivity contribution in [1.82, 2.24) is 14.3 Å². The van der Waals surface area contributed by atoms with E-state index < -0.39 is 10.0 Å². The van der Waals surface area contributed by atoms with Crippen LogP contribution in [0.15, 0.2) is 59.6 Å². The molecule has 5 rings (SSSR count). The van der Waals surface area contributed by atoms with Gasteiger partial charge in [-0.2, -0.15) is 9.57 Å². The van der Waals surface area contributed by atoms with Gasteiger partial charge in [-0.15, -0.1) is 0 Å². The Bertz CT molecular complexity index is 1620. The van der Waals surface area contributed by atoms with Crippen molar-refractivity contribution in [3.05, 3.63) is 82.7 Å². The molecule has 0 radical (unpaired) electrons. The van der Waals surface area contributed by atoms with E-state index in [0.29, 0.717) is 29.4 Å². The molecule has 1 aliphatic heterocycles. The van der Waals surface area contributed by atoms with Crippen LogP contribution in [0.4, 0.5) is 11.5 Å². The third kappa shape index (κ3) is 5.01. The summed E-state index contributed by atoms with van der Waals surface area (Å²) in [5, 5.41) is 14.2. The molecule has 37 heavy (non-hydrogen) atoms. The zero-order valence-electron chi connectivity index (χ0n) is 21.0. The number of aromatic nitrogens is 2. The van der Waals surface area contributed by atoms with Gasteiger partial charge in [-0.1, -0.05) is 30.7 Å². The molecule has 0 aliphatic carbocycles. The third-order valence-corrected chi connectivity index (χ3v) is 8.83. The highest BCUT2D eigenvalue weighted by Crippen LogP contribution is 2.29. The van der Waals surface area contributed by atoms with Crippen molar-refractivity contribution in [3.8, 4) is 6.07 Å². The quantitative estimate of drug-likeness (QED) is 0.324. The van der Waals surface area contributed by atoms with Gasteiger partial charge < -0.3 is 10.3 Å². The average molecular weight is 512 g/mol. The first-order chi connectivity index (χ1) is 17.9. The van der Waals surface area contributed by atoms with Gasteiger partial charge >= 0.3 is 0 Å². The molecule has 8 heteroatoms. The lowest BCUT2D eigenvalue weighted by atomic mass is 10.1. The van der Waals surface area contributed by atoms with E-state index in [2.05, 4.69) is 21.4 Å².